The van der Waals surface area contributed by atoms with Crippen LogP contribution in [0.4, 0.5) is 10.1 Å². The standard InChI is InChI=1S/C13H19FN2S/c1-9-8-17-7-6-16(9)12-5-3-4-11(14)13(12)10(2)15/h3-5,9-10H,6-8,15H2,1-2H3/t9?,10-/m1/s1. The first-order chi connectivity index (χ1) is 8.11. The lowest BCUT2D eigenvalue weighted by Crippen LogP contribution is -2.41. The van der Waals surface area contributed by atoms with Crippen molar-refractivity contribution in [2.45, 2.75) is 25.9 Å². The average Bonchev–Trinajstić information content (AvgIpc) is 2.28. The number of nitrogens with zero attached hydrogens (tertiary/aromatic N) is 1. The summed E-state index contributed by atoms with van der Waals surface area (Å²) in [5, 5.41) is 0. The molecular formula is C13H19FN2S. The van der Waals surface area contributed by atoms with Crippen molar-refractivity contribution in [1.82, 2.24) is 0 Å². The molecule has 17 heavy (non-hydrogen) atoms. The third kappa shape index (κ3) is 2.58. The molecule has 0 aliphatic carbocycles. The van der Waals surface area contributed by atoms with Gasteiger partial charge in [-0.1, -0.05) is 6.07 Å². The lowest BCUT2D eigenvalue weighted by atomic mass is 10.0. The summed E-state index contributed by atoms with van der Waals surface area (Å²) < 4.78 is 13.9. The van der Waals surface area contributed by atoms with Crippen molar-refractivity contribution in [1.29, 1.82) is 0 Å². The molecule has 0 bridgehead atoms. The van der Waals surface area contributed by atoms with Crippen LogP contribution in [0, 0.1) is 5.82 Å². The van der Waals surface area contributed by atoms with Crippen molar-refractivity contribution in [3.05, 3.63) is 29.6 Å². The first-order valence-corrected chi connectivity index (χ1v) is 7.15. The van der Waals surface area contributed by atoms with Crippen LogP contribution in [-0.2, 0) is 0 Å². The van der Waals surface area contributed by atoms with Crippen molar-refractivity contribution in [3.8, 4) is 0 Å². The largest absolute Gasteiger partial charge is 0.367 e. The predicted molar refractivity (Wildman–Crippen MR) is 73.1 cm³/mol. The van der Waals surface area contributed by atoms with E-state index in [4.69, 9.17) is 5.73 Å². The summed E-state index contributed by atoms with van der Waals surface area (Å²) >= 11 is 1.95. The summed E-state index contributed by atoms with van der Waals surface area (Å²) in [4.78, 5) is 2.28. The Morgan fingerprint density at radius 2 is 2.29 bits per heavy atom. The molecule has 2 rings (SSSR count). The second-order valence-corrected chi connectivity index (χ2v) is 5.73. The predicted octanol–water partition coefficient (Wildman–Crippen LogP) is 2.79. The fourth-order valence-electron chi connectivity index (χ4n) is 2.31. The molecule has 0 saturated carbocycles. The number of nitrogens with two attached hydrogens (primary N) is 1. The Hall–Kier alpha value is -0.740. The zero-order valence-corrected chi connectivity index (χ0v) is 11.1. The van der Waals surface area contributed by atoms with Crippen LogP contribution in [0.15, 0.2) is 18.2 Å². The van der Waals surface area contributed by atoms with E-state index in [1.807, 2.05) is 24.8 Å². The molecule has 94 valence electrons. The van der Waals surface area contributed by atoms with Gasteiger partial charge in [0.05, 0.1) is 0 Å². The summed E-state index contributed by atoms with van der Waals surface area (Å²) in [6.07, 6.45) is 0. The number of rotatable bonds is 2. The minimum Gasteiger partial charge on any atom is -0.367 e. The van der Waals surface area contributed by atoms with Gasteiger partial charge in [-0.05, 0) is 26.0 Å². The highest BCUT2D eigenvalue weighted by molar-refractivity contribution is 7.99. The maximum absolute atomic E-state index is 13.9. The van der Waals surface area contributed by atoms with E-state index < -0.39 is 0 Å². The molecular weight excluding hydrogens is 235 g/mol. The van der Waals surface area contributed by atoms with Crippen LogP contribution in [0.25, 0.3) is 0 Å². The van der Waals surface area contributed by atoms with Crippen LogP contribution in [-0.4, -0.2) is 24.1 Å². The molecule has 1 aromatic rings. The van der Waals surface area contributed by atoms with Gasteiger partial charge in [-0.3, -0.25) is 0 Å². The number of benzene rings is 1. The van der Waals surface area contributed by atoms with Gasteiger partial charge in [-0.15, -0.1) is 0 Å². The van der Waals surface area contributed by atoms with Crippen LogP contribution in [0.2, 0.25) is 0 Å². The van der Waals surface area contributed by atoms with Crippen LogP contribution >= 0.6 is 11.8 Å². The highest BCUT2D eigenvalue weighted by Gasteiger charge is 2.23. The molecule has 1 aromatic carbocycles. The molecule has 0 aromatic heterocycles. The van der Waals surface area contributed by atoms with Gasteiger partial charge in [0.1, 0.15) is 5.82 Å². The molecule has 1 aliphatic heterocycles. The molecule has 2 N–H and O–H groups in total. The van der Waals surface area contributed by atoms with Crippen LogP contribution in [0.5, 0.6) is 0 Å². The van der Waals surface area contributed by atoms with Gasteiger partial charge < -0.3 is 10.6 Å². The third-order valence-electron chi connectivity index (χ3n) is 3.16. The quantitative estimate of drug-likeness (QED) is 0.880. The molecule has 1 heterocycles. The SMILES string of the molecule is CC1CSCCN1c1cccc(F)c1[C@@H](C)N. The summed E-state index contributed by atoms with van der Waals surface area (Å²) in [6.45, 7) is 4.99. The molecule has 0 spiro atoms. The Balaban J connectivity index is 2.40. The van der Waals surface area contributed by atoms with Crippen molar-refractivity contribution in [2.75, 3.05) is 23.0 Å². The lowest BCUT2D eigenvalue weighted by Gasteiger charge is -2.37. The van der Waals surface area contributed by atoms with Gasteiger partial charge in [0.25, 0.3) is 0 Å². The molecule has 0 radical (unpaired) electrons. The second-order valence-electron chi connectivity index (χ2n) is 4.58. The fourth-order valence-corrected chi connectivity index (χ4v) is 3.33. The molecule has 1 aliphatic rings. The maximum atomic E-state index is 13.9. The average molecular weight is 254 g/mol. The van der Waals surface area contributed by atoms with Gasteiger partial charge in [0.2, 0.25) is 0 Å². The molecule has 1 unspecified atom stereocenters. The van der Waals surface area contributed by atoms with Crippen molar-refractivity contribution < 1.29 is 4.39 Å². The summed E-state index contributed by atoms with van der Waals surface area (Å²) in [7, 11) is 0. The highest BCUT2D eigenvalue weighted by atomic mass is 32.2. The smallest absolute Gasteiger partial charge is 0.130 e. The van der Waals surface area contributed by atoms with Gasteiger partial charge in [0.15, 0.2) is 0 Å². The Kier molecular flexibility index (Phi) is 3.94. The highest BCUT2D eigenvalue weighted by Crippen LogP contribution is 2.31. The van der Waals surface area contributed by atoms with Gasteiger partial charge in [-0.25, -0.2) is 4.39 Å². The minimum atomic E-state index is -0.270. The molecule has 2 atom stereocenters. The molecule has 4 heteroatoms. The normalized spacial score (nSPS) is 22.6. The van der Waals surface area contributed by atoms with E-state index in [1.165, 1.54) is 6.07 Å². The van der Waals surface area contributed by atoms with Crippen molar-refractivity contribution in [3.63, 3.8) is 0 Å². The Labute approximate surface area is 106 Å². The number of anilines is 1. The van der Waals surface area contributed by atoms with Crippen LogP contribution < -0.4 is 10.6 Å². The van der Waals surface area contributed by atoms with E-state index in [9.17, 15) is 4.39 Å². The Bertz CT molecular complexity index is 395. The number of thioether (sulfide) groups is 1. The van der Waals surface area contributed by atoms with E-state index in [-0.39, 0.29) is 11.9 Å². The van der Waals surface area contributed by atoms with Crippen molar-refractivity contribution >= 4 is 17.4 Å². The summed E-state index contributed by atoms with van der Waals surface area (Å²) in [6, 6.07) is 5.41. The van der Waals surface area contributed by atoms with Gasteiger partial charge >= 0.3 is 0 Å². The van der Waals surface area contributed by atoms with Crippen molar-refractivity contribution in [2.24, 2.45) is 5.73 Å². The fraction of sp³-hybridized carbons (Fsp3) is 0.538. The molecule has 2 nitrogen and oxygen atoms in total. The molecule has 1 fully saturated rings. The van der Waals surface area contributed by atoms with E-state index in [2.05, 4.69) is 11.8 Å². The van der Waals surface area contributed by atoms with Gasteiger partial charge in [-0.2, -0.15) is 11.8 Å². The monoisotopic (exact) mass is 254 g/mol. The summed E-state index contributed by atoms with van der Waals surface area (Å²) in [5.74, 6) is 2.00. The second kappa shape index (κ2) is 5.27. The van der Waals surface area contributed by atoms with Crippen LogP contribution in [0.3, 0.4) is 0 Å². The summed E-state index contributed by atoms with van der Waals surface area (Å²) in [5.41, 5.74) is 7.51. The number of halogens is 1. The van der Waals surface area contributed by atoms with E-state index in [0.717, 1.165) is 23.7 Å². The first-order valence-electron chi connectivity index (χ1n) is 5.99. The molecule has 1 saturated heterocycles. The van der Waals surface area contributed by atoms with E-state index >= 15 is 0 Å². The van der Waals surface area contributed by atoms with E-state index in [1.54, 1.807) is 6.07 Å². The van der Waals surface area contributed by atoms with Crippen LogP contribution in [0.1, 0.15) is 25.5 Å². The Morgan fingerprint density at radius 3 is 2.94 bits per heavy atom. The third-order valence-corrected chi connectivity index (χ3v) is 4.35. The first kappa shape index (κ1) is 12.7. The zero-order valence-electron chi connectivity index (χ0n) is 10.3. The van der Waals surface area contributed by atoms with Gasteiger partial charge in [0, 0.05) is 41.4 Å². The Morgan fingerprint density at radius 1 is 1.53 bits per heavy atom. The molecule has 0 amide bonds. The topological polar surface area (TPSA) is 29.3 Å². The maximum Gasteiger partial charge on any atom is 0.130 e. The number of hydrogen-bond donors (Lipinski definition) is 1. The van der Waals surface area contributed by atoms with E-state index in [0.29, 0.717) is 11.6 Å². The lowest BCUT2D eigenvalue weighted by molar-refractivity contribution is 0.587. The number of hydrogen-bond acceptors (Lipinski definition) is 3. The minimum absolute atomic E-state index is 0.192. The zero-order chi connectivity index (χ0) is 12.4.